The van der Waals surface area contributed by atoms with Crippen molar-refractivity contribution in [2.75, 3.05) is 26.1 Å². The van der Waals surface area contributed by atoms with Crippen LogP contribution in [0.5, 0.6) is 11.5 Å². The van der Waals surface area contributed by atoms with Gasteiger partial charge in [0.2, 0.25) is 5.91 Å². The summed E-state index contributed by atoms with van der Waals surface area (Å²) in [7, 11) is 3.10. The second-order valence-electron chi connectivity index (χ2n) is 8.66. The molecule has 8 nitrogen and oxygen atoms in total. The number of methoxy groups -OCH3 is 2. The van der Waals surface area contributed by atoms with Crippen LogP contribution >= 0.6 is 0 Å². The fraction of sp³-hybridized carbons (Fsp3) is 0.370. The number of amides is 1. The fourth-order valence-electron chi connectivity index (χ4n) is 4.44. The van der Waals surface area contributed by atoms with Gasteiger partial charge in [-0.15, -0.1) is 0 Å². The maximum absolute atomic E-state index is 13.4. The first kappa shape index (κ1) is 24.5. The van der Waals surface area contributed by atoms with Gasteiger partial charge < -0.3 is 14.8 Å². The Morgan fingerprint density at radius 1 is 1.09 bits per heavy atom. The van der Waals surface area contributed by atoms with Crippen LogP contribution in [-0.2, 0) is 37.3 Å². The van der Waals surface area contributed by atoms with Crippen LogP contribution in [0.4, 0.5) is 5.69 Å². The highest BCUT2D eigenvalue weighted by Crippen LogP contribution is 2.29. The van der Waals surface area contributed by atoms with Gasteiger partial charge >= 0.3 is 0 Å². The van der Waals surface area contributed by atoms with Gasteiger partial charge in [-0.2, -0.15) is 0 Å². The Hall–Kier alpha value is -3.65. The third-order valence-electron chi connectivity index (χ3n) is 6.17. The van der Waals surface area contributed by atoms with E-state index < -0.39 is 0 Å². The summed E-state index contributed by atoms with van der Waals surface area (Å²) in [6.45, 7) is 4.19. The minimum Gasteiger partial charge on any atom is -0.493 e. The Balaban J connectivity index is 1.53. The molecule has 2 aromatic carbocycles. The number of aryl methyl sites for hydroxylation is 1. The zero-order valence-electron chi connectivity index (χ0n) is 20.5. The summed E-state index contributed by atoms with van der Waals surface area (Å²) in [6, 6.07) is 15.5. The SMILES string of the molecule is CCCc1nc2c(c(=O)n1CC(=O)Nc1ccc(OC)c(OC)c1)CCN(Cc1ccccc1)C2. The Labute approximate surface area is 205 Å². The molecule has 0 radical (unpaired) electrons. The average Bonchev–Trinajstić information content (AvgIpc) is 2.87. The first-order valence-corrected chi connectivity index (χ1v) is 11.9. The topological polar surface area (TPSA) is 85.7 Å². The molecule has 0 aliphatic carbocycles. The lowest BCUT2D eigenvalue weighted by Crippen LogP contribution is -2.40. The van der Waals surface area contributed by atoms with Gasteiger partial charge in [0.05, 0.1) is 19.9 Å². The van der Waals surface area contributed by atoms with E-state index >= 15 is 0 Å². The summed E-state index contributed by atoms with van der Waals surface area (Å²) in [4.78, 5) is 33.5. The fourth-order valence-corrected chi connectivity index (χ4v) is 4.44. The molecule has 3 aromatic rings. The lowest BCUT2D eigenvalue weighted by Gasteiger charge is -2.29. The molecular weight excluding hydrogens is 444 g/mol. The van der Waals surface area contributed by atoms with Crippen molar-refractivity contribution in [2.24, 2.45) is 0 Å². The van der Waals surface area contributed by atoms with Crippen molar-refractivity contribution in [1.82, 2.24) is 14.5 Å². The highest BCUT2D eigenvalue weighted by molar-refractivity contribution is 5.91. The number of carbonyl (C=O) groups excluding carboxylic acids is 1. The van der Waals surface area contributed by atoms with E-state index in [2.05, 4.69) is 22.3 Å². The van der Waals surface area contributed by atoms with Gasteiger partial charge in [0, 0.05) is 43.4 Å². The molecule has 0 saturated heterocycles. The monoisotopic (exact) mass is 476 g/mol. The molecule has 0 unspecified atom stereocenters. The zero-order valence-corrected chi connectivity index (χ0v) is 20.5. The maximum Gasteiger partial charge on any atom is 0.257 e. The first-order chi connectivity index (χ1) is 17.0. The van der Waals surface area contributed by atoms with Gasteiger partial charge in [0.1, 0.15) is 12.4 Å². The van der Waals surface area contributed by atoms with Crippen molar-refractivity contribution in [1.29, 1.82) is 0 Å². The molecule has 0 bridgehead atoms. The molecule has 1 amide bonds. The van der Waals surface area contributed by atoms with Crippen molar-refractivity contribution in [3.63, 3.8) is 0 Å². The van der Waals surface area contributed by atoms with E-state index in [0.29, 0.717) is 48.0 Å². The van der Waals surface area contributed by atoms with Crippen LogP contribution in [0.15, 0.2) is 53.3 Å². The van der Waals surface area contributed by atoms with E-state index in [9.17, 15) is 9.59 Å². The van der Waals surface area contributed by atoms with Crippen LogP contribution in [0.1, 0.15) is 36.0 Å². The molecule has 2 heterocycles. The predicted molar refractivity (Wildman–Crippen MR) is 135 cm³/mol. The minimum absolute atomic E-state index is 0.0868. The summed E-state index contributed by atoms with van der Waals surface area (Å²) in [5, 5.41) is 2.86. The molecule has 1 aromatic heterocycles. The number of anilines is 1. The lowest BCUT2D eigenvalue weighted by molar-refractivity contribution is -0.116. The second-order valence-corrected chi connectivity index (χ2v) is 8.66. The van der Waals surface area contributed by atoms with E-state index in [0.717, 1.165) is 25.2 Å². The second kappa shape index (κ2) is 11.2. The third-order valence-corrected chi connectivity index (χ3v) is 6.17. The Bertz CT molecular complexity index is 1240. The number of aromatic nitrogens is 2. The molecule has 0 atom stereocenters. The summed E-state index contributed by atoms with van der Waals surface area (Å²) in [5.41, 5.74) is 3.25. The number of benzene rings is 2. The average molecular weight is 477 g/mol. The molecule has 0 saturated carbocycles. The molecule has 4 rings (SSSR count). The number of ether oxygens (including phenoxy) is 2. The number of fused-ring (bicyclic) bond motifs is 1. The first-order valence-electron chi connectivity index (χ1n) is 11.9. The number of carbonyl (C=O) groups is 1. The highest BCUT2D eigenvalue weighted by atomic mass is 16.5. The van der Waals surface area contributed by atoms with Crippen LogP contribution in [0.2, 0.25) is 0 Å². The molecule has 184 valence electrons. The standard InChI is InChI=1S/C27H32N4O4/c1-4-8-25-29-22-17-30(16-19-9-6-5-7-10-19)14-13-21(22)27(33)31(25)18-26(32)28-20-11-12-23(34-2)24(15-20)35-3/h5-7,9-12,15H,4,8,13-14,16-18H2,1-3H3,(H,28,32). The van der Waals surface area contributed by atoms with Crippen molar-refractivity contribution in [3.8, 4) is 11.5 Å². The van der Waals surface area contributed by atoms with Gasteiger partial charge in [-0.3, -0.25) is 19.1 Å². The van der Waals surface area contributed by atoms with Gasteiger partial charge in [-0.25, -0.2) is 4.98 Å². The Morgan fingerprint density at radius 3 is 2.57 bits per heavy atom. The normalized spacial score (nSPS) is 13.2. The predicted octanol–water partition coefficient (Wildman–Crippen LogP) is 3.41. The van der Waals surface area contributed by atoms with E-state index in [-0.39, 0.29) is 18.0 Å². The summed E-state index contributed by atoms with van der Waals surface area (Å²) >= 11 is 0. The van der Waals surface area contributed by atoms with Crippen LogP contribution in [0.3, 0.4) is 0 Å². The smallest absolute Gasteiger partial charge is 0.257 e. The summed E-state index contributed by atoms with van der Waals surface area (Å²) in [6.07, 6.45) is 2.08. The maximum atomic E-state index is 13.4. The van der Waals surface area contributed by atoms with Crippen molar-refractivity contribution < 1.29 is 14.3 Å². The molecule has 1 aliphatic heterocycles. The van der Waals surface area contributed by atoms with Gasteiger partial charge in [0.25, 0.3) is 5.56 Å². The summed E-state index contributed by atoms with van der Waals surface area (Å²) < 4.78 is 12.1. The molecule has 1 aliphatic rings. The summed E-state index contributed by atoms with van der Waals surface area (Å²) in [5.74, 6) is 1.46. The highest BCUT2D eigenvalue weighted by Gasteiger charge is 2.24. The molecule has 35 heavy (non-hydrogen) atoms. The number of nitrogens with zero attached hydrogens (tertiary/aromatic N) is 3. The molecule has 0 spiro atoms. The zero-order chi connectivity index (χ0) is 24.8. The Kier molecular flexibility index (Phi) is 7.82. The quantitative estimate of drug-likeness (QED) is 0.510. The van der Waals surface area contributed by atoms with Crippen molar-refractivity contribution in [2.45, 2.75) is 45.8 Å². The van der Waals surface area contributed by atoms with E-state index in [1.165, 1.54) is 10.1 Å². The van der Waals surface area contributed by atoms with Crippen LogP contribution in [0.25, 0.3) is 0 Å². The molecule has 0 fully saturated rings. The Morgan fingerprint density at radius 2 is 1.86 bits per heavy atom. The number of rotatable bonds is 9. The van der Waals surface area contributed by atoms with Gasteiger partial charge in [-0.05, 0) is 30.5 Å². The number of nitrogens with one attached hydrogen (secondary N) is 1. The molecule has 8 heteroatoms. The van der Waals surface area contributed by atoms with Crippen molar-refractivity contribution >= 4 is 11.6 Å². The van der Waals surface area contributed by atoms with Crippen LogP contribution in [0, 0.1) is 0 Å². The van der Waals surface area contributed by atoms with E-state index in [1.54, 1.807) is 32.4 Å². The lowest BCUT2D eigenvalue weighted by atomic mass is 10.0. The third kappa shape index (κ3) is 5.71. The van der Waals surface area contributed by atoms with Gasteiger partial charge in [0.15, 0.2) is 11.5 Å². The van der Waals surface area contributed by atoms with E-state index in [4.69, 9.17) is 14.5 Å². The van der Waals surface area contributed by atoms with Crippen LogP contribution in [-0.4, -0.2) is 41.1 Å². The largest absolute Gasteiger partial charge is 0.493 e. The van der Waals surface area contributed by atoms with Crippen molar-refractivity contribution in [3.05, 3.63) is 81.5 Å². The van der Waals surface area contributed by atoms with Crippen LogP contribution < -0.4 is 20.3 Å². The van der Waals surface area contributed by atoms with E-state index in [1.807, 2.05) is 25.1 Å². The number of hydrogen-bond acceptors (Lipinski definition) is 6. The number of hydrogen-bond donors (Lipinski definition) is 1. The minimum atomic E-state index is -0.292. The molecular formula is C27H32N4O4. The van der Waals surface area contributed by atoms with Gasteiger partial charge in [-0.1, -0.05) is 37.3 Å². The molecule has 1 N–H and O–H groups in total.